The summed E-state index contributed by atoms with van der Waals surface area (Å²) in [4.78, 5) is 17.6. The molecule has 0 aliphatic heterocycles. The van der Waals surface area contributed by atoms with E-state index in [4.69, 9.17) is 14.2 Å². The smallest absolute Gasteiger partial charge is 0.279 e. The molecule has 26 heavy (non-hydrogen) atoms. The molecule has 3 aromatic rings. The maximum Gasteiger partial charge on any atom is 0.279 e. The fourth-order valence-corrected chi connectivity index (χ4v) is 4.43. The molecule has 0 spiro atoms. The number of methoxy groups -OCH3 is 3. The Kier molecular flexibility index (Phi) is 5.33. The van der Waals surface area contributed by atoms with Gasteiger partial charge in [0.15, 0.2) is 16.3 Å². The zero-order valence-corrected chi connectivity index (χ0v) is 17.1. The largest absolute Gasteiger partial charge is 0.493 e. The number of aryl methyl sites for hydroxylation is 1. The Morgan fingerprint density at radius 3 is 2.31 bits per heavy atom. The molecule has 0 aliphatic carbocycles. The lowest BCUT2D eigenvalue weighted by Crippen LogP contribution is -2.13. The van der Waals surface area contributed by atoms with Crippen LogP contribution in [0.1, 0.15) is 10.4 Å². The van der Waals surface area contributed by atoms with Gasteiger partial charge in [0.05, 0.1) is 31.5 Å². The van der Waals surface area contributed by atoms with E-state index < -0.39 is 0 Å². The highest BCUT2D eigenvalue weighted by molar-refractivity contribution is 9.10. The normalized spacial score (nSPS) is 11.7. The van der Waals surface area contributed by atoms with E-state index in [2.05, 4.69) is 20.9 Å². The highest BCUT2D eigenvalue weighted by atomic mass is 79.9. The van der Waals surface area contributed by atoms with Gasteiger partial charge in [0.1, 0.15) is 0 Å². The summed E-state index contributed by atoms with van der Waals surface area (Å²) >= 11 is 4.98. The van der Waals surface area contributed by atoms with Gasteiger partial charge in [-0.3, -0.25) is 4.79 Å². The lowest BCUT2D eigenvalue weighted by atomic mass is 10.1. The number of rotatable bonds is 4. The number of fused-ring (bicyclic) bond motifs is 1. The number of benzene rings is 2. The molecular weight excluding hydrogens is 420 g/mol. The number of thiazole rings is 1. The standard InChI is InChI=1S/C18H17BrN2O4S/c1-21-15-11(19)6-5-7-14(15)26-18(21)20-17(22)10-8-12(23-2)16(25-4)13(9-10)24-3/h5-9H,1-4H3. The number of carbonyl (C=O) groups excluding carboxylic acids is 1. The van der Waals surface area contributed by atoms with Crippen LogP contribution in [-0.2, 0) is 7.05 Å². The van der Waals surface area contributed by atoms with Crippen molar-refractivity contribution in [1.82, 2.24) is 4.57 Å². The van der Waals surface area contributed by atoms with E-state index in [0.29, 0.717) is 27.6 Å². The van der Waals surface area contributed by atoms with Crippen LogP contribution < -0.4 is 19.0 Å². The minimum atomic E-state index is -0.387. The Balaban J connectivity index is 2.12. The van der Waals surface area contributed by atoms with E-state index in [-0.39, 0.29) is 5.91 Å². The molecule has 3 rings (SSSR count). The van der Waals surface area contributed by atoms with Crippen LogP contribution in [0, 0.1) is 0 Å². The van der Waals surface area contributed by atoms with Crippen LogP contribution in [0.15, 0.2) is 39.8 Å². The first kappa shape index (κ1) is 18.5. The van der Waals surface area contributed by atoms with Crippen LogP contribution in [0.3, 0.4) is 0 Å². The molecule has 0 atom stereocenters. The fraction of sp³-hybridized carbons (Fsp3) is 0.222. The van der Waals surface area contributed by atoms with Gasteiger partial charge >= 0.3 is 0 Å². The second-order valence-corrected chi connectivity index (χ2v) is 7.22. The number of carbonyl (C=O) groups is 1. The summed E-state index contributed by atoms with van der Waals surface area (Å²) in [5.74, 6) is 0.869. The summed E-state index contributed by atoms with van der Waals surface area (Å²) < 4.78 is 19.8. The highest BCUT2D eigenvalue weighted by Gasteiger charge is 2.17. The topological polar surface area (TPSA) is 62.0 Å². The second-order valence-electron chi connectivity index (χ2n) is 5.36. The van der Waals surface area contributed by atoms with Gasteiger partial charge in [-0.25, -0.2) is 0 Å². The number of amides is 1. The first-order valence-electron chi connectivity index (χ1n) is 7.63. The zero-order valence-electron chi connectivity index (χ0n) is 14.7. The van der Waals surface area contributed by atoms with E-state index in [1.54, 1.807) is 12.1 Å². The van der Waals surface area contributed by atoms with E-state index in [1.165, 1.54) is 32.7 Å². The number of hydrogen-bond acceptors (Lipinski definition) is 5. The molecule has 8 heteroatoms. The number of hydrogen-bond donors (Lipinski definition) is 0. The molecule has 0 saturated heterocycles. The summed E-state index contributed by atoms with van der Waals surface area (Å²) in [6.45, 7) is 0. The summed E-state index contributed by atoms with van der Waals surface area (Å²) in [7, 11) is 6.41. The van der Waals surface area contributed by atoms with Gasteiger partial charge in [0, 0.05) is 17.1 Å². The maximum atomic E-state index is 12.7. The van der Waals surface area contributed by atoms with Gasteiger partial charge in [-0.2, -0.15) is 4.99 Å². The van der Waals surface area contributed by atoms with Crippen molar-refractivity contribution in [2.75, 3.05) is 21.3 Å². The van der Waals surface area contributed by atoms with Crippen molar-refractivity contribution in [3.05, 3.63) is 45.2 Å². The third-order valence-corrected chi connectivity index (χ3v) is 5.62. The molecule has 2 aromatic carbocycles. The van der Waals surface area contributed by atoms with Crippen molar-refractivity contribution < 1.29 is 19.0 Å². The molecule has 1 amide bonds. The molecule has 0 radical (unpaired) electrons. The molecule has 136 valence electrons. The molecule has 1 aromatic heterocycles. The summed E-state index contributed by atoms with van der Waals surface area (Å²) in [6, 6.07) is 9.09. The average molecular weight is 437 g/mol. The minimum absolute atomic E-state index is 0.357. The molecule has 0 fully saturated rings. The number of para-hydroxylation sites is 1. The van der Waals surface area contributed by atoms with Crippen molar-refractivity contribution in [3.63, 3.8) is 0 Å². The van der Waals surface area contributed by atoms with E-state index in [1.807, 2.05) is 29.8 Å². The first-order chi connectivity index (χ1) is 12.5. The van der Waals surface area contributed by atoms with Gasteiger partial charge in [-0.1, -0.05) is 17.4 Å². The zero-order chi connectivity index (χ0) is 18.8. The molecule has 6 nitrogen and oxygen atoms in total. The number of ether oxygens (including phenoxy) is 3. The predicted molar refractivity (Wildman–Crippen MR) is 104 cm³/mol. The molecule has 0 saturated carbocycles. The van der Waals surface area contributed by atoms with Gasteiger partial charge in [-0.05, 0) is 40.2 Å². The Bertz CT molecular complexity index is 1030. The van der Waals surface area contributed by atoms with Crippen molar-refractivity contribution in [3.8, 4) is 17.2 Å². The highest BCUT2D eigenvalue weighted by Crippen LogP contribution is 2.38. The third kappa shape index (κ3) is 3.22. The van der Waals surface area contributed by atoms with Crippen LogP contribution in [0.4, 0.5) is 0 Å². The van der Waals surface area contributed by atoms with Gasteiger partial charge in [0.2, 0.25) is 5.75 Å². The monoisotopic (exact) mass is 436 g/mol. The average Bonchev–Trinajstić information content (AvgIpc) is 2.97. The molecule has 0 N–H and O–H groups in total. The van der Waals surface area contributed by atoms with Crippen LogP contribution in [-0.4, -0.2) is 31.8 Å². The predicted octanol–water partition coefficient (Wildman–Crippen LogP) is 3.77. The van der Waals surface area contributed by atoms with Crippen molar-refractivity contribution >= 4 is 43.4 Å². The van der Waals surface area contributed by atoms with Crippen LogP contribution >= 0.6 is 27.3 Å². The minimum Gasteiger partial charge on any atom is -0.493 e. The Hall–Kier alpha value is -2.32. The lowest BCUT2D eigenvalue weighted by molar-refractivity contribution is 0.0997. The molecule has 0 bridgehead atoms. The van der Waals surface area contributed by atoms with Gasteiger partial charge in [0.25, 0.3) is 5.91 Å². The number of nitrogens with zero attached hydrogens (tertiary/aromatic N) is 2. The quantitative estimate of drug-likeness (QED) is 0.624. The summed E-state index contributed by atoms with van der Waals surface area (Å²) in [5, 5.41) is 0. The van der Waals surface area contributed by atoms with Crippen LogP contribution in [0.2, 0.25) is 0 Å². The first-order valence-corrected chi connectivity index (χ1v) is 9.24. The Labute approximate surface area is 162 Å². The van der Waals surface area contributed by atoms with Crippen LogP contribution in [0.5, 0.6) is 17.2 Å². The summed E-state index contributed by atoms with van der Waals surface area (Å²) in [5.41, 5.74) is 1.35. The van der Waals surface area contributed by atoms with E-state index in [9.17, 15) is 4.79 Å². The second kappa shape index (κ2) is 7.51. The van der Waals surface area contributed by atoms with Gasteiger partial charge in [-0.15, -0.1) is 0 Å². The number of aromatic nitrogens is 1. The van der Waals surface area contributed by atoms with Gasteiger partial charge < -0.3 is 18.8 Å². The van der Waals surface area contributed by atoms with Crippen molar-refractivity contribution in [2.24, 2.45) is 12.0 Å². The Morgan fingerprint density at radius 1 is 1.12 bits per heavy atom. The van der Waals surface area contributed by atoms with Crippen molar-refractivity contribution in [1.29, 1.82) is 0 Å². The fourth-order valence-electron chi connectivity index (χ4n) is 2.62. The number of halogens is 1. The summed E-state index contributed by atoms with van der Waals surface area (Å²) in [6.07, 6.45) is 0. The molecule has 0 unspecified atom stereocenters. The molecule has 1 heterocycles. The van der Waals surface area contributed by atoms with E-state index >= 15 is 0 Å². The van der Waals surface area contributed by atoms with Crippen LogP contribution in [0.25, 0.3) is 10.2 Å². The maximum absolute atomic E-state index is 12.7. The SMILES string of the molecule is COc1cc(C(=O)N=c2sc3cccc(Br)c3n2C)cc(OC)c1OC. The lowest BCUT2D eigenvalue weighted by Gasteiger charge is -2.12. The molecule has 0 aliphatic rings. The van der Waals surface area contributed by atoms with Crippen molar-refractivity contribution in [2.45, 2.75) is 0 Å². The molecular formula is C18H17BrN2O4S. The Morgan fingerprint density at radius 2 is 1.77 bits per heavy atom. The third-order valence-electron chi connectivity index (χ3n) is 3.88. The van der Waals surface area contributed by atoms with E-state index in [0.717, 1.165) is 14.7 Å².